The van der Waals surface area contributed by atoms with E-state index in [1.54, 1.807) is 12.1 Å². The average Bonchev–Trinajstić information content (AvgIpc) is 3.31. The minimum atomic E-state index is -0.825. The number of benzene rings is 1. The van der Waals surface area contributed by atoms with Crippen LogP contribution in [-0.4, -0.2) is 41.7 Å². The minimum Gasteiger partial charge on any atom is -0.478 e. The summed E-state index contributed by atoms with van der Waals surface area (Å²) in [5, 5.41) is 12.9. The lowest BCUT2D eigenvalue weighted by Gasteiger charge is -2.32. The van der Waals surface area contributed by atoms with Gasteiger partial charge in [-0.05, 0) is 62.9 Å². The van der Waals surface area contributed by atoms with Crippen LogP contribution in [0.3, 0.4) is 0 Å². The van der Waals surface area contributed by atoms with Crippen LogP contribution in [0, 0.1) is 5.92 Å². The van der Waals surface area contributed by atoms with Gasteiger partial charge in [-0.3, -0.25) is 4.90 Å². The summed E-state index contributed by atoms with van der Waals surface area (Å²) in [6.07, 6.45) is 5.14. The van der Waals surface area contributed by atoms with Crippen molar-refractivity contribution in [1.82, 2.24) is 10.2 Å². The van der Waals surface area contributed by atoms with E-state index in [4.69, 9.17) is 0 Å². The molecule has 4 nitrogen and oxygen atoms in total. The zero-order valence-electron chi connectivity index (χ0n) is 12.4. The van der Waals surface area contributed by atoms with E-state index >= 15 is 0 Å². The van der Waals surface area contributed by atoms with E-state index in [0.29, 0.717) is 5.56 Å². The van der Waals surface area contributed by atoms with Gasteiger partial charge in [0.15, 0.2) is 0 Å². The highest BCUT2D eigenvalue weighted by Crippen LogP contribution is 2.23. The van der Waals surface area contributed by atoms with E-state index in [9.17, 15) is 9.90 Å². The van der Waals surface area contributed by atoms with Crippen LogP contribution in [0.5, 0.6) is 0 Å². The Morgan fingerprint density at radius 2 is 1.90 bits per heavy atom. The first-order valence-electron chi connectivity index (χ1n) is 7.99. The summed E-state index contributed by atoms with van der Waals surface area (Å²) in [5.41, 5.74) is 1.37. The molecule has 1 aromatic carbocycles. The molecule has 3 rings (SSSR count). The van der Waals surface area contributed by atoms with E-state index in [-0.39, 0.29) is 0 Å². The van der Waals surface area contributed by atoms with Gasteiger partial charge in [-0.15, -0.1) is 0 Å². The summed E-state index contributed by atoms with van der Waals surface area (Å²) in [5.74, 6) is -0.0364. The van der Waals surface area contributed by atoms with Crippen molar-refractivity contribution < 1.29 is 9.90 Å². The summed E-state index contributed by atoms with van der Waals surface area (Å²) in [6.45, 7) is 4.06. The fourth-order valence-corrected chi connectivity index (χ4v) is 3.08. The van der Waals surface area contributed by atoms with E-state index < -0.39 is 5.97 Å². The quantitative estimate of drug-likeness (QED) is 0.843. The average molecular weight is 288 g/mol. The number of likely N-dealkylation sites (tertiary alicyclic amines) is 1. The van der Waals surface area contributed by atoms with Crippen molar-refractivity contribution in [1.29, 1.82) is 0 Å². The predicted octanol–water partition coefficient (Wildman–Crippen LogP) is 2.35. The Morgan fingerprint density at radius 3 is 2.57 bits per heavy atom. The molecule has 1 heterocycles. The lowest BCUT2D eigenvalue weighted by Crippen LogP contribution is -2.37. The fraction of sp³-hybridized carbons (Fsp3) is 0.588. The first-order valence-corrected chi connectivity index (χ1v) is 7.99. The topological polar surface area (TPSA) is 52.6 Å². The smallest absolute Gasteiger partial charge is 0.336 e. The number of rotatable bonds is 6. The van der Waals surface area contributed by atoms with E-state index in [1.165, 1.54) is 25.7 Å². The molecule has 1 aromatic rings. The number of hydrogen-bond donors (Lipinski definition) is 2. The molecule has 2 aliphatic rings. The van der Waals surface area contributed by atoms with Gasteiger partial charge in [-0.25, -0.2) is 4.79 Å². The van der Waals surface area contributed by atoms with Crippen LogP contribution >= 0.6 is 0 Å². The summed E-state index contributed by atoms with van der Waals surface area (Å²) in [7, 11) is 0. The number of hydrogen-bond acceptors (Lipinski definition) is 3. The van der Waals surface area contributed by atoms with Crippen molar-refractivity contribution in [3.8, 4) is 0 Å². The summed E-state index contributed by atoms with van der Waals surface area (Å²) >= 11 is 0. The third-order valence-corrected chi connectivity index (χ3v) is 4.62. The van der Waals surface area contributed by atoms with Crippen LogP contribution in [0.25, 0.3) is 0 Å². The Hall–Kier alpha value is -1.39. The molecular formula is C17H24N2O2. The van der Waals surface area contributed by atoms with E-state index in [2.05, 4.69) is 10.2 Å². The van der Waals surface area contributed by atoms with Gasteiger partial charge in [0, 0.05) is 12.6 Å². The third kappa shape index (κ3) is 4.05. The van der Waals surface area contributed by atoms with Gasteiger partial charge in [0.05, 0.1) is 5.56 Å². The molecule has 114 valence electrons. The molecule has 21 heavy (non-hydrogen) atoms. The van der Waals surface area contributed by atoms with Crippen molar-refractivity contribution in [3.05, 3.63) is 35.4 Å². The van der Waals surface area contributed by atoms with E-state index in [1.807, 2.05) is 12.1 Å². The molecule has 1 aliphatic heterocycles. The number of carbonyl (C=O) groups is 1. The van der Waals surface area contributed by atoms with Gasteiger partial charge in [0.2, 0.25) is 0 Å². The molecule has 0 atom stereocenters. The molecule has 4 heteroatoms. The second kappa shape index (κ2) is 6.58. The number of piperidine rings is 1. The Bertz CT molecular complexity index is 491. The molecule has 1 saturated carbocycles. The Morgan fingerprint density at radius 1 is 1.19 bits per heavy atom. The number of nitrogens with zero attached hydrogens (tertiary/aromatic N) is 1. The lowest BCUT2D eigenvalue weighted by molar-refractivity contribution is 0.0693. The normalized spacial score (nSPS) is 20.6. The molecule has 1 saturated heterocycles. The van der Waals surface area contributed by atoms with Gasteiger partial charge >= 0.3 is 5.97 Å². The second-order valence-corrected chi connectivity index (χ2v) is 6.36. The maximum atomic E-state index is 11.2. The van der Waals surface area contributed by atoms with Crippen molar-refractivity contribution >= 4 is 5.97 Å². The molecule has 0 amide bonds. The van der Waals surface area contributed by atoms with E-state index in [0.717, 1.165) is 43.7 Å². The first kappa shape index (κ1) is 14.5. The van der Waals surface area contributed by atoms with Crippen molar-refractivity contribution in [2.24, 2.45) is 5.92 Å². The highest BCUT2D eigenvalue weighted by atomic mass is 16.4. The number of aromatic carboxylic acids is 1. The third-order valence-electron chi connectivity index (χ3n) is 4.62. The number of carboxylic acids is 1. The molecule has 0 radical (unpaired) electrons. The molecule has 0 spiro atoms. The molecule has 0 bridgehead atoms. The largest absolute Gasteiger partial charge is 0.478 e. The number of carboxylic acid groups (broad SMARTS) is 1. The molecule has 1 aliphatic carbocycles. The lowest BCUT2D eigenvalue weighted by atomic mass is 9.96. The first-order chi connectivity index (χ1) is 10.2. The van der Waals surface area contributed by atoms with Crippen LogP contribution in [-0.2, 0) is 6.54 Å². The van der Waals surface area contributed by atoms with Crippen molar-refractivity contribution in [2.75, 3.05) is 19.6 Å². The second-order valence-electron chi connectivity index (χ2n) is 6.36. The van der Waals surface area contributed by atoms with Gasteiger partial charge in [0.25, 0.3) is 0 Å². The molecule has 0 unspecified atom stereocenters. The Labute approximate surface area is 126 Å². The monoisotopic (exact) mass is 288 g/mol. The minimum absolute atomic E-state index is 0.440. The summed E-state index contributed by atoms with van der Waals surface area (Å²) in [4.78, 5) is 13.6. The SMILES string of the molecule is O=C(O)c1ccccc1CN1CCC(CNC2CC2)CC1. The van der Waals surface area contributed by atoms with Crippen molar-refractivity contribution in [2.45, 2.75) is 38.3 Å². The van der Waals surface area contributed by atoms with Crippen LogP contribution in [0.2, 0.25) is 0 Å². The highest BCUT2D eigenvalue weighted by molar-refractivity contribution is 5.89. The molecule has 2 fully saturated rings. The van der Waals surface area contributed by atoms with Crippen LogP contribution in [0.4, 0.5) is 0 Å². The Balaban J connectivity index is 1.49. The molecular weight excluding hydrogens is 264 g/mol. The van der Waals surface area contributed by atoms with Crippen LogP contribution in [0.1, 0.15) is 41.6 Å². The predicted molar refractivity (Wildman–Crippen MR) is 82.4 cm³/mol. The van der Waals surface area contributed by atoms with Crippen LogP contribution in [0.15, 0.2) is 24.3 Å². The van der Waals surface area contributed by atoms with Crippen molar-refractivity contribution in [3.63, 3.8) is 0 Å². The maximum Gasteiger partial charge on any atom is 0.336 e. The maximum absolute atomic E-state index is 11.2. The zero-order chi connectivity index (χ0) is 14.7. The summed E-state index contributed by atoms with van der Waals surface area (Å²) < 4.78 is 0. The van der Waals surface area contributed by atoms with Gasteiger partial charge in [-0.1, -0.05) is 18.2 Å². The highest BCUT2D eigenvalue weighted by Gasteiger charge is 2.24. The van der Waals surface area contributed by atoms with Crippen LogP contribution < -0.4 is 5.32 Å². The molecule has 0 aromatic heterocycles. The standard InChI is InChI=1S/C17H24N2O2/c20-17(21)16-4-2-1-3-14(16)12-19-9-7-13(8-10-19)11-18-15-5-6-15/h1-4,13,15,18H,5-12H2,(H,20,21). The van der Waals surface area contributed by atoms with Gasteiger partial charge < -0.3 is 10.4 Å². The zero-order valence-corrected chi connectivity index (χ0v) is 12.4. The Kier molecular flexibility index (Phi) is 4.56. The molecule has 2 N–H and O–H groups in total. The fourth-order valence-electron chi connectivity index (χ4n) is 3.08. The summed E-state index contributed by atoms with van der Waals surface area (Å²) in [6, 6.07) is 8.15. The van der Waals surface area contributed by atoms with Gasteiger partial charge in [0.1, 0.15) is 0 Å². The number of nitrogens with one attached hydrogen (secondary N) is 1. The van der Waals surface area contributed by atoms with Gasteiger partial charge in [-0.2, -0.15) is 0 Å².